The highest BCUT2D eigenvalue weighted by molar-refractivity contribution is 5.26. The summed E-state index contributed by atoms with van der Waals surface area (Å²) in [5.74, 6) is 1.20. The maximum atomic E-state index is 5.54. The Labute approximate surface area is 87.3 Å². The normalized spacial score (nSPS) is 13.2. The van der Waals surface area contributed by atoms with Gasteiger partial charge in [-0.05, 0) is 35.9 Å². The lowest BCUT2D eigenvalue weighted by molar-refractivity contribution is 0.689. The van der Waals surface area contributed by atoms with Gasteiger partial charge in [0.05, 0.1) is 0 Å². The van der Waals surface area contributed by atoms with Gasteiger partial charge >= 0.3 is 0 Å². The molecule has 0 bridgehead atoms. The first-order chi connectivity index (χ1) is 6.65. The van der Waals surface area contributed by atoms with E-state index in [1.807, 2.05) is 0 Å². The van der Waals surface area contributed by atoms with E-state index in [0.717, 1.165) is 13.0 Å². The Morgan fingerprint density at radius 2 is 1.50 bits per heavy atom. The Morgan fingerprint density at radius 3 is 1.93 bits per heavy atom. The minimum atomic E-state index is 0.584. The summed E-state index contributed by atoms with van der Waals surface area (Å²) in [6, 6.07) is 8.92. The number of rotatable bonds is 4. The van der Waals surface area contributed by atoms with Crippen LogP contribution in [0.15, 0.2) is 24.3 Å². The van der Waals surface area contributed by atoms with Gasteiger partial charge in [-0.3, -0.25) is 0 Å². The van der Waals surface area contributed by atoms with Gasteiger partial charge in [-0.2, -0.15) is 0 Å². The molecule has 1 rings (SSSR count). The molecule has 1 aromatic carbocycles. The molecule has 1 unspecified atom stereocenters. The summed E-state index contributed by atoms with van der Waals surface area (Å²) in [7, 11) is 0. The van der Waals surface area contributed by atoms with Crippen molar-refractivity contribution < 1.29 is 0 Å². The lowest BCUT2D eigenvalue weighted by atomic mass is 9.94. The van der Waals surface area contributed by atoms with Crippen LogP contribution in [0.1, 0.15) is 50.2 Å². The van der Waals surface area contributed by atoms with E-state index in [9.17, 15) is 0 Å². The molecule has 0 aliphatic rings. The number of hydrogen-bond donors (Lipinski definition) is 1. The quantitative estimate of drug-likeness (QED) is 0.776. The molecule has 0 spiro atoms. The molecule has 0 radical (unpaired) electrons. The zero-order valence-electron chi connectivity index (χ0n) is 9.46. The van der Waals surface area contributed by atoms with Crippen molar-refractivity contribution in [1.29, 1.82) is 0 Å². The minimum absolute atomic E-state index is 0.584. The third-order valence-corrected chi connectivity index (χ3v) is 2.77. The fourth-order valence-corrected chi connectivity index (χ4v) is 1.63. The number of benzene rings is 1. The lowest BCUT2D eigenvalue weighted by Gasteiger charge is -2.12. The van der Waals surface area contributed by atoms with E-state index in [0.29, 0.717) is 11.8 Å². The molecule has 0 aliphatic heterocycles. The molecule has 0 saturated heterocycles. The number of nitrogens with two attached hydrogens (primary N) is 1. The second-order valence-corrected chi connectivity index (χ2v) is 4.30. The second kappa shape index (κ2) is 5.16. The standard InChI is InChI=1S/C13H21N/c1-10(2)12-4-6-13(7-5-12)11(3)8-9-14/h4-7,10-11H,8-9,14H2,1-3H3. The third kappa shape index (κ3) is 2.85. The van der Waals surface area contributed by atoms with Crippen LogP contribution < -0.4 is 5.73 Å². The third-order valence-electron chi connectivity index (χ3n) is 2.77. The van der Waals surface area contributed by atoms with Crippen LogP contribution in [0.3, 0.4) is 0 Å². The van der Waals surface area contributed by atoms with Crippen LogP contribution in [0.4, 0.5) is 0 Å². The first-order valence-corrected chi connectivity index (χ1v) is 5.45. The summed E-state index contributed by atoms with van der Waals surface area (Å²) in [6.45, 7) is 7.45. The van der Waals surface area contributed by atoms with Gasteiger partial charge < -0.3 is 5.73 Å². The van der Waals surface area contributed by atoms with E-state index in [-0.39, 0.29) is 0 Å². The van der Waals surface area contributed by atoms with Crippen molar-refractivity contribution in [1.82, 2.24) is 0 Å². The molecule has 1 atom stereocenters. The van der Waals surface area contributed by atoms with Gasteiger partial charge in [0.1, 0.15) is 0 Å². The van der Waals surface area contributed by atoms with Gasteiger partial charge in [-0.25, -0.2) is 0 Å². The van der Waals surface area contributed by atoms with Crippen LogP contribution in [0, 0.1) is 0 Å². The van der Waals surface area contributed by atoms with Gasteiger partial charge in [-0.1, -0.05) is 45.0 Å². The summed E-state index contributed by atoms with van der Waals surface area (Å²) in [5.41, 5.74) is 8.36. The Morgan fingerprint density at radius 1 is 1.00 bits per heavy atom. The molecule has 0 fully saturated rings. The van der Waals surface area contributed by atoms with Crippen molar-refractivity contribution in [2.24, 2.45) is 5.73 Å². The highest BCUT2D eigenvalue weighted by Gasteiger charge is 2.04. The van der Waals surface area contributed by atoms with E-state index in [2.05, 4.69) is 45.0 Å². The van der Waals surface area contributed by atoms with Crippen molar-refractivity contribution in [2.75, 3.05) is 6.54 Å². The molecule has 2 N–H and O–H groups in total. The predicted octanol–water partition coefficient (Wildman–Crippen LogP) is 3.26. The fraction of sp³-hybridized carbons (Fsp3) is 0.538. The van der Waals surface area contributed by atoms with Crippen LogP contribution in [0.2, 0.25) is 0 Å². The molecular formula is C13H21N. The molecule has 0 saturated carbocycles. The summed E-state index contributed by atoms with van der Waals surface area (Å²) >= 11 is 0. The maximum absolute atomic E-state index is 5.54. The Hall–Kier alpha value is -0.820. The summed E-state index contributed by atoms with van der Waals surface area (Å²) < 4.78 is 0. The van der Waals surface area contributed by atoms with Crippen molar-refractivity contribution in [3.8, 4) is 0 Å². The molecule has 1 heteroatoms. The minimum Gasteiger partial charge on any atom is -0.330 e. The highest BCUT2D eigenvalue weighted by Crippen LogP contribution is 2.21. The molecule has 0 aromatic heterocycles. The van der Waals surface area contributed by atoms with Crippen molar-refractivity contribution in [3.63, 3.8) is 0 Å². The average molecular weight is 191 g/mol. The topological polar surface area (TPSA) is 26.0 Å². The van der Waals surface area contributed by atoms with E-state index in [1.165, 1.54) is 11.1 Å². The van der Waals surface area contributed by atoms with Gasteiger partial charge in [0, 0.05) is 0 Å². The summed E-state index contributed by atoms with van der Waals surface area (Å²) in [6.07, 6.45) is 1.07. The SMILES string of the molecule is CC(C)c1ccc(C(C)CCN)cc1. The van der Waals surface area contributed by atoms with E-state index in [4.69, 9.17) is 5.73 Å². The van der Waals surface area contributed by atoms with Gasteiger partial charge in [0.15, 0.2) is 0 Å². The zero-order valence-corrected chi connectivity index (χ0v) is 9.46. The monoisotopic (exact) mass is 191 g/mol. The van der Waals surface area contributed by atoms with Crippen molar-refractivity contribution >= 4 is 0 Å². The Balaban J connectivity index is 2.72. The van der Waals surface area contributed by atoms with Crippen LogP contribution in [0.25, 0.3) is 0 Å². The molecule has 1 nitrogen and oxygen atoms in total. The molecule has 78 valence electrons. The predicted molar refractivity (Wildman–Crippen MR) is 62.6 cm³/mol. The van der Waals surface area contributed by atoms with E-state index in [1.54, 1.807) is 0 Å². The molecule has 0 heterocycles. The smallest absolute Gasteiger partial charge is 0.00715 e. The van der Waals surface area contributed by atoms with Crippen LogP contribution >= 0.6 is 0 Å². The Kier molecular flexibility index (Phi) is 4.15. The summed E-state index contributed by atoms with van der Waals surface area (Å²) in [5, 5.41) is 0. The second-order valence-electron chi connectivity index (χ2n) is 4.30. The molecule has 1 aromatic rings. The van der Waals surface area contributed by atoms with Gasteiger partial charge in [-0.15, -0.1) is 0 Å². The molecule has 14 heavy (non-hydrogen) atoms. The largest absolute Gasteiger partial charge is 0.330 e. The first-order valence-electron chi connectivity index (χ1n) is 5.45. The highest BCUT2D eigenvalue weighted by atomic mass is 14.5. The van der Waals surface area contributed by atoms with Crippen LogP contribution in [-0.2, 0) is 0 Å². The summed E-state index contributed by atoms with van der Waals surface area (Å²) in [4.78, 5) is 0. The maximum Gasteiger partial charge on any atom is -0.00715 e. The number of hydrogen-bond acceptors (Lipinski definition) is 1. The van der Waals surface area contributed by atoms with Crippen molar-refractivity contribution in [2.45, 2.75) is 39.0 Å². The average Bonchev–Trinajstić information content (AvgIpc) is 2.18. The van der Waals surface area contributed by atoms with Gasteiger partial charge in [0.25, 0.3) is 0 Å². The zero-order chi connectivity index (χ0) is 10.6. The lowest BCUT2D eigenvalue weighted by Crippen LogP contribution is -2.04. The van der Waals surface area contributed by atoms with Crippen molar-refractivity contribution in [3.05, 3.63) is 35.4 Å². The molecule has 0 aliphatic carbocycles. The van der Waals surface area contributed by atoms with Crippen LogP contribution in [-0.4, -0.2) is 6.54 Å². The first kappa shape index (κ1) is 11.3. The van der Waals surface area contributed by atoms with Crippen LogP contribution in [0.5, 0.6) is 0 Å². The Bertz CT molecular complexity index is 261. The van der Waals surface area contributed by atoms with E-state index < -0.39 is 0 Å². The molecule has 0 amide bonds. The van der Waals surface area contributed by atoms with Gasteiger partial charge in [0.2, 0.25) is 0 Å². The van der Waals surface area contributed by atoms with E-state index >= 15 is 0 Å². The molecular weight excluding hydrogens is 170 g/mol. The fourth-order valence-electron chi connectivity index (χ4n) is 1.63.